The summed E-state index contributed by atoms with van der Waals surface area (Å²) in [5.41, 5.74) is 3.65. The van der Waals surface area contributed by atoms with Crippen LogP contribution in [-0.4, -0.2) is 84.1 Å². The van der Waals surface area contributed by atoms with Gasteiger partial charge < -0.3 is 39.4 Å². The average molecular weight is 1110 g/mol. The maximum Gasteiger partial charge on any atom is 0.490 e. The molecule has 0 bridgehead atoms. The van der Waals surface area contributed by atoms with Gasteiger partial charge in [-0.3, -0.25) is 9.59 Å². The average Bonchev–Trinajstić information content (AvgIpc) is 4.36. The van der Waals surface area contributed by atoms with Gasteiger partial charge in [0.25, 0.3) is 0 Å². The van der Waals surface area contributed by atoms with Crippen LogP contribution in [0, 0.1) is 47.1 Å². The topological polar surface area (TPSA) is 186 Å². The van der Waals surface area contributed by atoms with Crippen molar-refractivity contribution in [2.75, 3.05) is 27.4 Å². The number of halogens is 8. The molecule has 4 aliphatic carbocycles. The lowest BCUT2D eigenvalue weighted by molar-refractivity contribution is -0.193. The Morgan fingerprint density at radius 1 is 0.487 bits per heavy atom. The molecule has 4 aromatic rings. The second-order valence-electron chi connectivity index (χ2n) is 20.6. The molecule has 4 saturated carbocycles. The lowest BCUT2D eigenvalue weighted by Gasteiger charge is -2.29. The predicted octanol–water partition coefficient (Wildman–Crippen LogP) is 14.1. The quantitative estimate of drug-likeness (QED) is 0.0692. The first-order valence-electron chi connectivity index (χ1n) is 26.0. The monoisotopic (exact) mass is 1110 g/mol. The summed E-state index contributed by atoms with van der Waals surface area (Å²) < 4.78 is 115. The van der Waals surface area contributed by atoms with Crippen LogP contribution in [0.5, 0.6) is 23.0 Å². The molecule has 428 valence electrons. The molecule has 4 fully saturated rings. The van der Waals surface area contributed by atoms with Crippen LogP contribution >= 0.6 is 0 Å². The fraction of sp³-hybridized carbons (Fsp3) is 0.517. The molecule has 0 heterocycles. The highest BCUT2D eigenvalue weighted by Gasteiger charge is 2.41. The van der Waals surface area contributed by atoms with Gasteiger partial charge in [0.05, 0.1) is 39.3 Å². The molecule has 0 aromatic heterocycles. The van der Waals surface area contributed by atoms with Gasteiger partial charge in [0.15, 0.2) is 0 Å². The standard InChI is InChI=1S/2C27H33FO4.2C2HF3O2/c2*1-17(27(29)30)26(20-10-11-20)21-4-3-5-23(14-21)32-16-18-6-8-19(9-7-18)24-15-22(31-2)12-13-25(24)28;2*3-2(4,5)1(6)7/h2*3-5,12-15,17-20,26H,6-11,16H2,1-2H3,(H,29,30);2*(H,6,7)/t17-,18?,19?,26+;17-,18?,19?,26-;;/m10../s1. The smallest absolute Gasteiger partial charge is 0.490 e. The molecule has 4 aromatic carbocycles. The van der Waals surface area contributed by atoms with Crippen LogP contribution in [0.1, 0.15) is 137 Å². The fourth-order valence-corrected chi connectivity index (χ4v) is 10.4. The van der Waals surface area contributed by atoms with E-state index in [1.165, 1.54) is 12.1 Å². The van der Waals surface area contributed by atoms with Gasteiger partial charge >= 0.3 is 36.2 Å². The second-order valence-corrected chi connectivity index (χ2v) is 20.6. The van der Waals surface area contributed by atoms with Gasteiger partial charge in [-0.15, -0.1) is 0 Å². The van der Waals surface area contributed by atoms with E-state index < -0.39 is 48.1 Å². The number of hydrogen-bond donors (Lipinski definition) is 4. The Bertz CT molecular complexity index is 2420. The minimum atomic E-state index is -5.08. The van der Waals surface area contributed by atoms with Gasteiger partial charge in [0, 0.05) is 0 Å². The van der Waals surface area contributed by atoms with E-state index in [0.29, 0.717) is 48.4 Å². The van der Waals surface area contributed by atoms with Crippen LogP contribution in [0.4, 0.5) is 35.1 Å². The van der Waals surface area contributed by atoms with E-state index in [0.717, 1.165) is 111 Å². The minimum Gasteiger partial charge on any atom is -0.497 e. The number of carboxylic acid groups (broad SMARTS) is 4. The van der Waals surface area contributed by atoms with Crippen molar-refractivity contribution in [1.82, 2.24) is 0 Å². The van der Waals surface area contributed by atoms with Gasteiger partial charge in [-0.25, -0.2) is 18.4 Å². The number of methoxy groups -OCH3 is 2. The molecule has 0 amide bonds. The number of benzene rings is 4. The van der Waals surface area contributed by atoms with Gasteiger partial charge in [-0.05, 0) is 207 Å². The summed E-state index contributed by atoms with van der Waals surface area (Å²) in [6.45, 7) is 4.89. The molecule has 78 heavy (non-hydrogen) atoms. The van der Waals surface area contributed by atoms with E-state index in [9.17, 15) is 54.9 Å². The fourth-order valence-electron chi connectivity index (χ4n) is 10.4. The van der Waals surface area contributed by atoms with Crippen LogP contribution in [0.15, 0.2) is 84.9 Å². The third-order valence-electron chi connectivity index (χ3n) is 15.0. The highest BCUT2D eigenvalue weighted by Crippen LogP contribution is 2.49. The number of ether oxygens (including phenoxy) is 4. The second kappa shape index (κ2) is 28.3. The summed E-state index contributed by atoms with van der Waals surface area (Å²) in [4.78, 5) is 41.0. The summed E-state index contributed by atoms with van der Waals surface area (Å²) in [6, 6.07) is 25.9. The third kappa shape index (κ3) is 18.8. The van der Waals surface area contributed by atoms with E-state index in [-0.39, 0.29) is 35.3 Å². The maximum atomic E-state index is 14.3. The Hall–Kier alpha value is -6.60. The van der Waals surface area contributed by atoms with Crippen LogP contribution in [0.25, 0.3) is 0 Å². The number of rotatable bonds is 18. The van der Waals surface area contributed by atoms with Crippen molar-refractivity contribution < 1.29 is 93.7 Å². The van der Waals surface area contributed by atoms with Gasteiger partial charge in [0.1, 0.15) is 34.6 Å². The van der Waals surface area contributed by atoms with Gasteiger partial charge in [-0.1, -0.05) is 38.1 Å². The van der Waals surface area contributed by atoms with Crippen LogP contribution in [0.2, 0.25) is 0 Å². The molecule has 0 unspecified atom stereocenters. The summed E-state index contributed by atoms with van der Waals surface area (Å²) in [7, 11) is 3.21. The maximum absolute atomic E-state index is 14.3. The van der Waals surface area contributed by atoms with Crippen LogP contribution in [0.3, 0.4) is 0 Å². The van der Waals surface area contributed by atoms with Crippen molar-refractivity contribution in [2.45, 2.75) is 127 Å². The first kappa shape index (κ1) is 62.2. The summed E-state index contributed by atoms with van der Waals surface area (Å²) in [5, 5.41) is 33.3. The molecule has 0 aliphatic heterocycles. The van der Waals surface area contributed by atoms with Crippen molar-refractivity contribution in [2.24, 2.45) is 35.5 Å². The van der Waals surface area contributed by atoms with Crippen molar-refractivity contribution in [1.29, 1.82) is 0 Å². The molecule has 0 saturated heterocycles. The Kier molecular flexibility index (Phi) is 22.6. The van der Waals surface area contributed by atoms with E-state index >= 15 is 0 Å². The number of carboxylic acids is 4. The van der Waals surface area contributed by atoms with E-state index in [2.05, 4.69) is 0 Å². The molecular weight excluding hydrogens is 1040 g/mol. The van der Waals surface area contributed by atoms with Crippen molar-refractivity contribution >= 4 is 23.9 Å². The zero-order valence-electron chi connectivity index (χ0n) is 43.8. The molecule has 4 atom stereocenters. The van der Waals surface area contributed by atoms with Crippen molar-refractivity contribution in [3.8, 4) is 23.0 Å². The minimum absolute atomic E-state index is 0.0456. The highest BCUT2D eigenvalue weighted by atomic mass is 19.4. The molecule has 12 nitrogen and oxygen atoms in total. The van der Waals surface area contributed by atoms with Crippen LogP contribution in [-0.2, 0) is 19.2 Å². The molecule has 4 N–H and O–H groups in total. The highest BCUT2D eigenvalue weighted by molar-refractivity contribution is 5.73. The largest absolute Gasteiger partial charge is 0.497 e. The summed E-state index contributed by atoms with van der Waals surface area (Å²) in [5.74, 6) is -2.71. The zero-order valence-corrected chi connectivity index (χ0v) is 43.8. The lowest BCUT2D eigenvalue weighted by Crippen LogP contribution is -2.21. The Morgan fingerprint density at radius 2 is 0.808 bits per heavy atom. The molecular formula is C58H68F8O12. The van der Waals surface area contributed by atoms with Crippen LogP contribution < -0.4 is 18.9 Å². The predicted molar refractivity (Wildman–Crippen MR) is 271 cm³/mol. The Labute approximate surface area is 448 Å². The first-order valence-corrected chi connectivity index (χ1v) is 26.0. The molecule has 0 spiro atoms. The Morgan fingerprint density at radius 3 is 1.08 bits per heavy atom. The summed E-state index contributed by atoms with van der Waals surface area (Å²) >= 11 is 0. The summed E-state index contributed by atoms with van der Waals surface area (Å²) in [6.07, 6.45) is 2.02. The zero-order chi connectivity index (χ0) is 57.5. The number of carbonyl (C=O) groups is 4. The van der Waals surface area contributed by atoms with Crippen molar-refractivity contribution in [3.05, 3.63) is 119 Å². The first-order chi connectivity index (χ1) is 36.8. The molecule has 20 heteroatoms. The molecule has 0 radical (unpaired) electrons. The molecule has 4 aliphatic rings. The Balaban J connectivity index is 0.000000231. The van der Waals surface area contributed by atoms with E-state index in [1.54, 1.807) is 26.4 Å². The lowest BCUT2D eigenvalue weighted by atomic mass is 9.79. The molecule has 8 rings (SSSR count). The number of aliphatic carboxylic acids is 4. The SMILES string of the molecule is COc1ccc(F)c(C2CCC(COc3cccc([C@H](C4CC4)[C@@H](C)C(=O)O)c3)CC2)c1.COc1ccc(F)c(C2CCC(COc3cccc([C@H](C4CC4)[C@H](C)C(=O)O)c3)CC2)c1.O=C(O)C(F)(F)F.O=C(O)C(F)(F)F. The third-order valence-corrected chi connectivity index (χ3v) is 15.0. The number of hydrogen-bond acceptors (Lipinski definition) is 8. The van der Waals surface area contributed by atoms with E-state index in [4.69, 9.17) is 38.7 Å². The van der Waals surface area contributed by atoms with Gasteiger partial charge in [-0.2, -0.15) is 26.3 Å². The van der Waals surface area contributed by atoms with E-state index in [1.807, 2.05) is 74.5 Å². The normalized spacial score (nSPS) is 20.7. The number of alkyl halides is 6. The van der Waals surface area contributed by atoms with Gasteiger partial charge in [0.2, 0.25) is 0 Å². The van der Waals surface area contributed by atoms with Crippen molar-refractivity contribution in [3.63, 3.8) is 0 Å².